The molecule has 7 nitrogen and oxygen atoms in total. The fourth-order valence-corrected chi connectivity index (χ4v) is 2.67. The quantitative estimate of drug-likeness (QED) is 0.369. The number of halogens is 1. The topological polar surface area (TPSA) is 108 Å². The Hall–Kier alpha value is -3.50. The second kappa shape index (κ2) is 8.46. The fraction of sp³-hybridized carbons (Fsp3) is 0.150. The summed E-state index contributed by atoms with van der Waals surface area (Å²) >= 11 is 5.85. The fourth-order valence-electron chi connectivity index (χ4n) is 2.49. The first-order valence-electron chi connectivity index (χ1n) is 8.34. The van der Waals surface area contributed by atoms with Crippen LogP contribution in [0.2, 0.25) is 5.02 Å². The maximum Gasteiger partial charge on any atom is 0.344 e. The molecule has 3 aromatic rings. The maximum absolute atomic E-state index is 12.0. The van der Waals surface area contributed by atoms with E-state index in [-0.39, 0.29) is 18.0 Å². The largest absolute Gasteiger partial charge is 0.507 e. The van der Waals surface area contributed by atoms with E-state index >= 15 is 0 Å². The van der Waals surface area contributed by atoms with Crippen LogP contribution in [-0.4, -0.2) is 33.8 Å². The molecule has 0 aliphatic carbocycles. The van der Waals surface area contributed by atoms with E-state index in [1.807, 2.05) is 18.2 Å². The number of carbonyl (C=O) groups is 1. The molecule has 0 unspecified atom stereocenters. The number of imidazole rings is 1. The highest BCUT2D eigenvalue weighted by Crippen LogP contribution is 2.21. The Morgan fingerprint density at radius 1 is 1.32 bits per heavy atom. The monoisotopic (exact) mass is 397 g/mol. The first-order valence-corrected chi connectivity index (χ1v) is 8.72. The van der Waals surface area contributed by atoms with Gasteiger partial charge in [0.15, 0.2) is 24.3 Å². The van der Waals surface area contributed by atoms with Crippen molar-refractivity contribution in [1.29, 1.82) is 5.26 Å². The molecule has 142 valence electrons. The Morgan fingerprint density at radius 3 is 2.82 bits per heavy atom. The van der Waals surface area contributed by atoms with Crippen LogP contribution in [0.5, 0.6) is 5.75 Å². The molecule has 0 fully saturated rings. The van der Waals surface area contributed by atoms with E-state index in [2.05, 4.69) is 9.97 Å². The Kier molecular flexibility index (Phi) is 5.82. The molecule has 0 aliphatic heterocycles. The molecule has 0 amide bonds. The summed E-state index contributed by atoms with van der Waals surface area (Å²) in [6, 6.07) is 15.7. The van der Waals surface area contributed by atoms with Gasteiger partial charge in [0.25, 0.3) is 0 Å². The highest BCUT2D eigenvalue weighted by molar-refractivity contribution is 6.30. The molecule has 0 saturated heterocycles. The number of para-hydroxylation sites is 2. The smallest absolute Gasteiger partial charge is 0.344 e. The van der Waals surface area contributed by atoms with Gasteiger partial charge in [-0.25, -0.2) is 9.78 Å². The van der Waals surface area contributed by atoms with Gasteiger partial charge in [-0.3, -0.25) is 0 Å². The number of esters is 1. The molecule has 1 atom stereocenters. The molecule has 1 aromatic heterocycles. The second-order valence-electron chi connectivity index (χ2n) is 5.85. The van der Waals surface area contributed by atoms with E-state index in [9.17, 15) is 15.2 Å². The molecule has 0 saturated carbocycles. The lowest BCUT2D eigenvalue weighted by Crippen LogP contribution is -2.23. The summed E-state index contributed by atoms with van der Waals surface area (Å²) in [5, 5.41) is 20.3. The third-order valence-electron chi connectivity index (χ3n) is 3.84. The van der Waals surface area contributed by atoms with Crippen LogP contribution in [0.4, 0.5) is 0 Å². The van der Waals surface area contributed by atoms with E-state index in [1.54, 1.807) is 36.4 Å². The van der Waals surface area contributed by atoms with Gasteiger partial charge in [0, 0.05) is 5.02 Å². The number of aromatic amines is 1. The minimum Gasteiger partial charge on any atom is -0.507 e. The molecule has 28 heavy (non-hydrogen) atoms. The lowest BCUT2D eigenvalue weighted by molar-refractivity contribution is -0.150. The van der Waals surface area contributed by atoms with Gasteiger partial charge in [-0.05, 0) is 37.3 Å². The van der Waals surface area contributed by atoms with Gasteiger partial charge < -0.3 is 19.6 Å². The van der Waals surface area contributed by atoms with Crippen LogP contribution in [0.1, 0.15) is 12.7 Å². The standard InChI is InChI=1S/C20H16ClN3O4/c1-12(28-18(25)11-27-14-6-4-5-13(21)9-14)19(26)15(10-22)20-23-16-7-2-3-8-17(16)24-20/h2-9,12,26H,11H2,1H3,(H,23,24)/b19-15-/t12-/m0/s1. The minimum atomic E-state index is -1.06. The summed E-state index contributed by atoms with van der Waals surface area (Å²) < 4.78 is 10.4. The molecule has 0 radical (unpaired) electrons. The van der Waals surface area contributed by atoms with E-state index in [4.69, 9.17) is 21.1 Å². The van der Waals surface area contributed by atoms with Gasteiger partial charge in [-0.1, -0.05) is 29.8 Å². The van der Waals surface area contributed by atoms with Crippen molar-refractivity contribution in [3.8, 4) is 11.8 Å². The number of hydrogen-bond donors (Lipinski definition) is 2. The van der Waals surface area contributed by atoms with E-state index in [1.165, 1.54) is 6.92 Å². The molecule has 0 bridgehead atoms. The lowest BCUT2D eigenvalue weighted by Gasteiger charge is -2.14. The average molecular weight is 398 g/mol. The first kappa shape index (κ1) is 19.3. The summed E-state index contributed by atoms with van der Waals surface area (Å²) in [6.07, 6.45) is -1.06. The van der Waals surface area contributed by atoms with Crippen molar-refractivity contribution in [3.63, 3.8) is 0 Å². The van der Waals surface area contributed by atoms with Crippen molar-refractivity contribution in [2.75, 3.05) is 6.61 Å². The highest BCUT2D eigenvalue weighted by atomic mass is 35.5. The Morgan fingerprint density at radius 2 is 2.11 bits per heavy atom. The third-order valence-corrected chi connectivity index (χ3v) is 4.08. The number of nitriles is 1. The number of fused-ring (bicyclic) bond motifs is 1. The molecule has 0 spiro atoms. The molecule has 1 heterocycles. The highest BCUT2D eigenvalue weighted by Gasteiger charge is 2.21. The number of aliphatic hydroxyl groups is 1. The summed E-state index contributed by atoms with van der Waals surface area (Å²) in [6.45, 7) is 1.08. The summed E-state index contributed by atoms with van der Waals surface area (Å²) in [5.74, 6) is -0.505. The molecular formula is C20H16ClN3O4. The molecular weight excluding hydrogens is 382 g/mol. The predicted molar refractivity (Wildman–Crippen MR) is 104 cm³/mol. The number of aromatic nitrogens is 2. The van der Waals surface area contributed by atoms with Gasteiger partial charge in [0.2, 0.25) is 0 Å². The van der Waals surface area contributed by atoms with Crippen LogP contribution in [-0.2, 0) is 9.53 Å². The normalized spacial score (nSPS) is 12.8. The van der Waals surface area contributed by atoms with E-state index < -0.39 is 17.8 Å². The van der Waals surface area contributed by atoms with Crippen LogP contribution < -0.4 is 4.74 Å². The van der Waals surface area contributed by atoms with Crippen molar-refractivity contribution in [2.24, 2.45) is 0 Å². The van der Waals surface area contributed by atoms with Gasteiger partial charge >= 0.3 is 5.97 Å². The number of nitrogens with zero attached hydrogens (tertiary/aromatic N) is 2. The summed E-state index contributed by atoms with van der Waals surface area (Å²) in [5.41, 5.74) is 1.27. The number of aliphatic hydroxyl groups excluding tert-OH is 1. The van der Waals surface area contributed by atoms with Crippen LogP contribution in [0.3, 0.4) is 0 Å². The molecule has 2 N–H and O–H groups in total. The zero-order valence-corrected chi connectivity index (χ0v) is 15.6. The number of benzene rings is 2. The van der Waals surface area contributed by atoms with Gasteiger partial charge in [0.1, 0.15) is 17.4 Å². The maximum atomic E-state index is 12.0. The van der Waals surface area contributed by atoms with E-state index in [0.29, 0.717) is 16.3 Å². The van der Waals surface area contributed by atoms with Crippen LogP contribution in [0.15, 0.2) is 54.3 Å². The molecule has 0 aliphatic rings. The Balaban J connectivity index is 1.69. The number of ether oxygens (including phenoxy) is 2. The number of carbonyl (C=O) groups excluding carboxylic acids is 1. The van der Waals surface area contributed by atoms with Crippen LogP contribution in [0, 0.1) is 11.3 Å². The van der Waals surface area contributed by atoms with Gasteiger partial charge in [0.05, 0.1) is 11.0 Å². The zero-order valence-electron chi connectivity index (χ0n) is 14.8. The lowest BCUT2D eigenvalue weighted by atomic mass is 10.2. The average Bonchev–Trinajstić information content (AvgIpc) is 3.10. The van der Waals surface area contributed by atoms with Crippen LogP contribution in [0.25, 0.3) is 16.6 Å². The van der Waals surface area contributed by atoms with E-state index in [0.717, 1.165) is 5.52 Å². The second-order valence-corrected chi connectivity index (χ2v) is 6.29. The number of hydrogen-bond acceptors (Lipinski definition) is 6. The number of rotatable bonds is 6. The third kappa shape index (κ3) is 4.42. The van der Waals surface area contributed by atoms with Gasteiger partial charge in [-0.15, -0.1) is 0 Å². The SMILES string of the molecule is C[C@H](OC(=O)COc1cccc(Cl)c1)/C(O)=C(\C#N)c1nc2ccccc2[nH]1. The Labute approximate surface area is 165 Å². The van der Waals surface area contributed by atoms with Crippen molar-refractivity contribution >= 4 is 34.2 Å². The number of allylic oxidation sites excluding steroid dienone is 1. The zero-order chi connectivity index (χ0) is 20.1. The molecule has 3 rings (SSSR count). The summed E-state index contributed by atoms with van der Waals surface area (Å²) in [4.78, 5) is 19.2. The number of nitrogens with one attached hydrogen (secondary N) is 1. The minimum absolute atomic E-state index is 0.104. The van der Waals surface area contributed by atoms with Crippen molar-refractivity contribution in [2.45, 2.75) is 13.0 Å². The Bertz CT molecular complexity index is 1050. The van der Waals surface area contributed by atoms with Crippen LogP contribution >= 0.6 is 11.6 Å². The number of H-pyrrole nitrogens is 1. The molecule has 2 aromatic carbocycles. The van der Waals surface area contributed by atoms with Gasteiger partial charge in [-0.2, -0.15) is 5.26 Å². The predicted octanol–water partition coefficient (Wildman–Crippen LogP) is 4.02. The van der Waals surface area contributed by atoms with Crippen molar-refractivity contribution in [3.05, 3.63) is 65.1 Å². The first-order chi connectivity index (χ1) is 13.5. The molecule has 8 heteroatoms. The van der Waals surface area contributed by atoms with Crippen molar-refractivity contribution in [1.82, 2.24) is 9.97 Å². The summed E-state index contributed by atoms with van der Waals surface area (Å²) in [7, 11) is 0. The van der Waals surface area contributed by atoms with Crippen molar-refractivity contribution < 1.29 is 19.4 Å².